The molecule has 0 unspecified atom stereocenters. The number of hydrogen-bond donors (Lipinski definition) is 1. The highest BCUT2D eigenvalue weighted by Gasteiger charge is 2.17. The van der Waals surface area contributed by atoms with Gasteiger partial charge in [-0.05, 0) is 46.3 Å². The highest BCUT2D eigenvalue weighted by Crippen LogP contribution is 2.23. The van der Waals surface area contributed by atoms with E-state index in [2.05, 4.69) is 31.3 Å². The number of carbonyl (C=O) groups is 1. The number of fused-ring (bicyclic) bond motifs is 1. The van der Waals surface area contributed by atoms with E-state index in [1.54, 1.807) is 43.3 Å². The van der Waals surface area contributed by atoms with E-state index in [0.29, 0.717) is 27.2 Å². The number of aromatic nitrogens is 3. The quantitative estimate of drug-likeness (QED) is 0.536. The summed E-state index contributed by atoms with van der Waals surface area (Å²) < 4.78 is 21.1. The third-order valence-corrected chi connectivity index (χ3v) is 4.32. The lowest BCUT2D eigenvalue weighted by atomic mass is 10.2. The fraction of sp³-hybridized carbons (Fsp3) is 0.0556. The van der Waals surface area contributed by atoms with Crippen LogP contribution in [0.1, 0.15) is 16.4 Å². The van der Waals surface area contributed by atoms with E-state index in [4.69, 9.17) is 4.42 Å². The first-order valence-electron chi connectivity index (χ1n) is 7.70. The van der Waals surface area contributed by atoms with E-state index in [0.717, 1.165) is 0 Å². The number of rotatable bonds is 3. The molecular formula is C18H12BrFN4O2. The van der Waals surface area contributed by atoms with Crippen LogP contribution in [0.15, 0.2) is 57.6 Å². The highest BCUT2D eigenvalue weighted by molar-refractivity contribution is 9.10. The minimum absolute atomic E-state index is 0.143. The molecule has 2 aromatic carbocycles. The van der Waals surface area contributed by atoms with Crippen LogP contribution in [0.2, 0.25) is 0 Å². The van der Waals surface area contributed by atoms with Crippen molar-refractivity contribution in [3.63, 3.8) is 0 Å². The van der Waals surface area contributed by atoms with Gasteiger partial charge in [-0.25, -0.2) is 14.1 Å². The van der Waals surface area contributed by atoms with Crippen LogP contribution in [-0.2, 0) is 0 Å². The van der Waals surface area contributed by atoms with Crippen molar-refractivity contribution in [3.05, 3.63) is 70.5 Å². The summed E-state index contributed by atoms with van der Waals surface area (Å²) in [4.78, 5) is 16.8. The zero-order valence-corrected chi connectivity index (χ0v) is 15.1. The van der Waals surface area contributed by atoms with Crippen LogP contribution in [0.3, 0.4) is 0 Å². The maximum atomic E-state index is 13.9. The maximum Gasteiger partial charge on any atom is 0.277 e. The molecule has 4 rings (SSSR count). The van der Waals surface area contributed by atoms with E-state index in [-0.39, 0.29) is 11.4 Å². The molecule has 8 heteroatoms. The third-order valence-electron chi connectivity index (χ3n) is 3.74. The van der Waals surface area contributed by atoms with E-state index < -0.39 is 11.7 Å². The molecule has 2 heterocycles. The summed E-state index contributed by atoms with van der Waals surface area (Å²) in [7, 11) is 0. The topological polar surface area (TPSA) is 73.0 Å². The molecule has 0 spiro atoms. The van der Waals surface area contributed by atoms with E-state index >= 15 is 0 Å². The van der Waals surface area contributed by atoms with Gasteiger partial charge in [-0.2, -0.15) is 5.10 Å². The van der Waals surface area contributed by atoms with Gasteiger partial charge in [-0.1, -0.05) is 12.1 Å². The molecule has 0 aliphatic carbocycles. The molecule has 6 nitrogen and oxygen atoms in total. The van der Waals surface area contributed by atoms with Crippen LogP contribution in [-0.4, -0.2) is 20.7 Å². The summed E-state index contributed by atoms with van der Waals surface area (Å²) in [5.41, 5.74) is 2.25. The average Bonchev–Trinajstić information content (AvgIpc) is 3.16. The largest absolute Gasteiger partial charge is 0.441 e. The summed E-state index contributed by atoms with van der Waals surface area (Å²) in [6, 6.07) is 11.4. The molecule has 1 N–H and O–H groups in total. The summed E-state index contributed by atoms with van der Waals surface area (Å²) in [5.74, 6) is -0.303. The van der Waals surface area contributed by atoms with Crippen LogP contribution in [0.25, 0.3) is 16.8 Å². The Hall–Kier alpha value is -3.00. The van der Waals surface area contributed by atoms with Crippen molar-refractivity contribution in [1.82, 2.24) is 14.8 Å². The molecule has 0 fully saturated rings. The monoisotopic (exact) mass is 414 g/mol. The summed E-state index contributed by atoms with van der Waals surface area (Å²) in [6.07, 6.45) is 1.54. The number of amides is 1. The fourth-order valence-electron chi connectivity index (χ4n) is 2.58. The van der Waals surface area contributed by atoms with Gasteiger partial charge in [-0.15, -0.1) is 0 Å². The van der Waals surface area contributed by atoms with Crippen LogP contribution in [0.5, 0.6) is 0 Å². The zero-order chi connectivity index (χ0) is 18.3. The lowest BCUT2D eigenvalue weighted by Crippen LogP contribution is -2.13. The third kappa shape index (κ3) is 2.99. The number of benzene rings is 2. The number of nitrogens with one attached hydrogen (secondary N) is 1. The summed E-state index contributed by atoms with van der Waals surface area (Å²) in [5, 5.41) is 6.95. The number of halogens is 2. The lowest BCUT2D eigenvalue weighted by Gasteiger charge is -2.04. The van der Waals surface area contributed by atoms with Crippen LogP contribution < -0.4 is 5.32 Å². The molecule has 26 heavy (non-hydrogen) atoms. The van der Waals surface area contributed by atoms with Gasteiger partial charge >= 0.3 is 0 Å². The number of oxazole rings is 1. The van der Waals surface area contributed by atoms with Gasteiger partial charge < -0.3 is 9.73 Å². The van der Waals surface area contributed by atoms with Crippen molar-refractivity contribution in [2.24, 2.45) is 0 Å². The van der Waals surface area contributed by atoms with Crippen LogP contribution in [0, 0.1) is 12.7 Å². The van der Waals surface area contributed by atoms with E-state index in [1.807, 2.05) is 0 Å². The molecule has 0 radical (unpaired) electrons. The SMILES string of the molecule is Cc1nc2cc(NC(=O)c3nn(-c4ccccc4F)cc3Br)ccc2o1. The van der Waals surface area contributed by atoms with Crippen molar-refractivity contribution in [1.29, 1.82) is 0 Å². The van der Waals surface area contributed by atoms with Gasteiger partial charge in [0.2, 0.25) is 0 Å². The van der Waals surface area contributed by atoms with Gasteiger partial charge in [0.15, 0.2) is 17.2 Å². The number of aryl methyl sites for hydroxylation is 1. The maximum absolute atomic E-state index is 13.9. The Labute approximate surface area is 155 Å². The van der Waals surface area contributed by atoms with Gasteiger partial charge in [-0.3, -0.25) is 4.79 Å². The summed E-state index contributed by atoms with van der Waals surface area (Å²) >= 11 is 3.30. The Morgan fingerprint density at radius 2 is 2.08 bits per heavy atom. The Morgan fingerprint density at radius 1 is 1.27 bits per heavy atom. The predicted molar refractivity (Wildman–Crippen MR) is 97.9 cm³/mol. The van der Waals surface area contributed by atoms with E-state index in [1.165, 1.54) is 16.9 Å². The van der Waals surface area contributed by atoms with Gasteiger partial charge in [0.05, 0.1) is 4.47 Å². The highest BCUT2D eigenvalue weighted by atomic mass is 79.9. The zero-order valence-electron chi connectivity index (χ0n) is 13.5. The molecule has 0 bridgehead atoms. The second-order valence-electron chi connectivity index (χ2n) is 5.59. The van der Waals surface area contributed by atoms with Crippen LogP contribution in [0.4, 0.5) is 10.1 Å². The molecule has 0 saturated carbocycles. The first kappa shape index (κ1) is 16.5. The minimum atomic E-state index is -0.429. The van der Waals surface area contributed by atoms with Gasteiger partial charge in [0, 0.05) is 18.8 Å². The molecule has 0 aliphatic heterocycles. The fourth-order valence-corrected chi connectivity index (χ4v) is 3.03. The van der Waals surface area contributed by atoms with Crippen molar-refractivity contribution < 1.29 is 13.6 Å². The Morgan fingerprint density at radius 3 is 2.88 bits per heavy atom. The number of nitrogens with zero attached hydrogens (tertiary/aromatic N) is 3. The van der Waals surface area contributed by atoms with Crippen molar-refractivity contribution in [3.8, 4) is 5.69 Å². The van der Waals surface area contributed by atoms with Crippen molar-refractivity contribution >= 4 is 38.6 Å². The number of hydrogen-bond acceptors (Lipinski definition) is 4. The molecular weight excluding hydrogens is 403 g/mol. The second-order valence-corrected chi connectivity index (χ2v) is 6.45. The Kier molecular flexibility index (Phi) is 4.04. The molecule has 1 amide bonds. The molecule has 0 saturated heterocycles. The first-order chi connectivity index (χ1) is 12.5. The Balaban J connectivity index is 1.62. The molecule has 130 valence electrons. The van der Waals surface area contributed by atoms with Crippen LogP contribution >= 0.6 is 15.9 Å². The first-order valence-corrected chi connectivity index (χ1v) is 8.49. The van der Waals surface area contributed by atoms with E-state index in [9.17, 15) is 9.18 Å². The standard InChI is InChI=1S/C18H12BrFN4O2/c1-10-21-14-8-11(6-7-16(14)26-10)22-18(25)17-12(19)9-24(23-17)15-5-3-2-4-13(15)20/h2-9H,1H3,(H,22,25). The number of anilines is 1. The number of para-hydroxylation sites is 1. The average molecular weight is 415 g/mol. The minimum Gasteiger partial charge on any atom is -0.441 e. The van der Waals surface area contributed by atoms with Crippen molar-refractivity contribution in [2.45, 2.75) is 6.92 Å². The smallest absolute Gasteiger partial charge is 0.277 e. The normalized spacial score (nSPS) is 11.0. The van der Waals surface area contributed by atoms with Gasteiger partial charge in [0.1, 0.15) is 17.0 Å². The summed E-state index contributed by atoms with van der Waals surface area (Å²) in [6.45, 7) is 1.75. The Bertz CT molecular complexity index is 1140. The number of carbonyl (C=O) groups excluding carboxylic acids is 1. The lowest BCUT2D eigenvalue weighted by molar-refractivity contribution is 0.102. The molecule has 0 aliphatic rings. The van der Waals surface area contributed by atoms with Crippen molar-refractivity contribution in [2.75, 3.05) is 5.32 Å². The molecule has 0 atom stereocenters. The van der Waals surface area contributed by atoms with Gasteiger partial charge in [0.25, 0.3) is 5.91 Å². The predicted octanol–water partition coefficient (Wildman–Crippen LogP) is 4.48. The second kappa shape index (κ2) is 6.38. The molecule has 4 aromatic rings. The molecule has 2 aromatic heterocycles.